The quantitative estimate of drug-likeness (QED) is 0.829. The highest BCUT2D eigenvalue weighted by Gasteiger charge is 2.25. The summed E-state index contributed by atoms with van der Waals surface area (Å²) in [5.74, 6) is -0.153. The average Bonchev–Trinajstić information content (AvgIpc) is 2.71. The molecule has 1 fully saturated rings. The standard InChI is InChI=1S/C11H16N2O4S2/c1-2-17-11(14)10-8(12)7-9(18-10)13-3-5-19(15,16)6-4-13/h7H,2-6,12H2,1H3. The second-order valence-corrected chi connectivity index (χ2v) is 7.56. The minimum atomic E-state index is -2.91. The van der Waals surface area contributed by atoms with E-state index in [0.29, 0.717) is 30.3 Å². The first-order valence-electron chi connectivity index (χ1n) is 5.95. The van der Waals surface area contributed by atoms with E-state index in [9.17, 15) is 13.2 Å². The fourth-order valence-electron chi connectivity index (χ4n) is 1.84. The van der Waals surface area contributed by atoms with E-state index in [4.69, 9.17) is 10.5 Å². The van der Waals surface area contributed by atoms with E-state index in [1.807, 2.05) is 4.90 Å². The van der Waals surface area contributed by atoms with E-state index in [-0.39, 0.29) is 11.5 Å². The molecule has 1 saturated heterocycles. The summed E-state index contributed by atoms with van der Waals surface area (Å²) in [4.78, 5) is 14.0. The van der Waals surface area contributed by atoms with Gasteiger partial charge in [-0.25, -0.2) is 13.2 Å². The summed E-state index contributed by atoms with van der Waals surface area (Å²) in [5.41, 5.74) is 6.18. The SMILES string of the molecule is CCOC(=O)c1sc(N2CCS(=O)(=O)CC2)cc1N. The molecule has 1 aromatic rings. The molecule has 6 nitrogen and oxygen atoms in total. The van der Waals surface area contributed by atoms with Crippen LogP contribution in [-0.4, -0.2) is 45.6 Å². The zero-order valence-electron chi connectivity index (χ0n) is 10.6. The average molecular weight is 304 g/mol. The van der Waals surface area contributed by atoms with Crippen molar-refractivity contribution in [3.63, 3.8) is 0 Å². The van der Waals surface area contributed by atoms with Crippen LogP contribution < -0.4 is 10.6 Å². The molecule has 19 heavy (non-hydrogen) atoms. The Kier molecular flexibility index (Phi) is 4.00. The normalized spacial score (nSPS) is 18.3. The van der Waals surface area contributed by atoms with Gasteiger partial charge in [0, 0.05) is 13.1 Å². The Morgan fingerprint density at radius 2 is 2.11 bits per heavy atom. The molecule has 1 aliphatic heterocycles. The van der Waals surface area contributed by atoms with Crippen molar-refractivity contribution in [1.29, 1.82) is 0 Å². The highest BCUT2D eigenvalue weighted by Crippen LogP contribution is 2.33. The van der Waals surface area contributed by atoms with Gasteiger partial charge in [0.15, 0.2) is 9.84 Å². The van der Waals surface area contributed by atoms with Crippen LogP contribution in [0.1, 0.15) is 16.6 Å². The van der Waals surface area contributed by atoms with Crippen LogP contribution in [0.5, 0.6) is 0 Å². The zero-order chi connectivity index (χ0) is 14.0. The van der Waals surface area contributed by atoms with Crippen LogP contribution in [0.2, 0.25) is 0 Å². The van der Waals surface area contributed by atoms with Gasteiger partial charge in [-0.3, -0.25) is 0 Å². The van der Waals surface area contributed by atoms with Crippen molar-refractivity contribution >= 4 is 37.8 Å². The zero-order valence-corrected chi connectivity index (χ0v) is 12.2. The molecule has 0 spiro atoms. The van der Waals surface area contributed by atoms with Crippen LogP contribution in [0.15, 0.2) is 6.07 Å². The van der Waals surface area contributed by atoms with Gasteiger partial charge < -0.3 is 15.4 Å². The maximum atomic E-state index is 11.7. The first-order valence-corrected chi connectivity index (χ1v) is 8.58. The number of nitrogens with zero attached hydrogens (tertiary/aromatic N) is 1. The summed E-state index contributed by atoms with van der Waals surface area (Å²) in [6, 6.07) is 1.70. The van der Waals surface area contributed by atoms with Crippen LogP contribution in [0, 0.1) is 0 Å². The summed E-state index contributed by atoms with van der Waals surface area (Å²) < 4.78 is 27.7. The van der Waals surface area contributed by atoms with Crippen molar-refractivity contribution in [1.82, 2.24) is 0 Å². The number of hydrogen-bond donors (Lipinski definition) is 1. The number of sulfone groups is 1. The lowest BCUT2D eigenvalue weighted by Crippen LogP contribution is -2.39. The summed E-state index contributed by atoms with van der Waals surface area (Å²) in [6.07, 6.45) is 0. The molecule has 2 heterocycles. The van der Waals surface area contributed by atoms with Gasteiger partial charge in [0.05, 0.1) is 28.8 Å². The highest BCUT2D eigenvalue weighted by molar-refractivity contribution is 7.91. The lowest BCUT2D eigenvalue weighted by atomic mass is 10.4. The molecule has 0 unspecified atom stereocenters. The van der Waals surface area contributed by atoms with E-state index in [2.05, 4.69) is 0 Å². The molecule has 0 amide bonds. The van der Waals surface area contributed by atoms with Gasteiger partial charge in [0.25, 0.3) is 0 Å². The molecule has 2 N–H and O–H groups in total. The molecule has 0 bridgehead atoms. The fourth-order valence-corrected chi connectivity index (χ4v) is 4.06. The van der Waals surface area contributed by atoms with Crippen molar-refractivity contribution in [2.45, 2.75) is 6.92 Å². The Morgan fingerprint density at radius 1 is 1.47 bits per heavy atom. The smallest absolute Gasteiger partial charge is 0.350 e. The third kappa shape index (κ3) is 3.19. The van der Waals surface area contributed by atoms with Crippen LogP contribution >= 0.6 is 11.3 Å². The molecule has 0 aliphatic carbocycles. The van der Waals surface area contributed by atoms with Crippen molar-refractivity contribution in [3.8, 4) is 0 Å². The number of carbonyl (C=O) groups is 1. The van der Waals surface area contributed by atoms with E-state index in [1.54, 1.807) is 13.0 Å². The summed E-state index contributed by atoms with van der Waals surface area (Å²) in [7, 11) is -2.91. The van der Waals surface area contributed by atoms with Crippen molar-refractivity contribution in [2.75, 3.05) is 41.8 Å². The first-order chi connectivity index (χ1) is 8.93. The lowest BCUT2D eigenvalue weighted by molar-refractivity contribution is 0.0533. The van der Waals surface area contributed by atoms with E-state index in [0.717, 1.165) is 5.00 Å². The third-order valence-corrected chi connectivity index (χ3v) is 5.67. The second-order valence-electron chi connectivity index (χ2n) is 4.23. The summed E-state index contributed by atoms with van der Waals surface area (Å²) in [6.45, 7) is 2.90. The van der Waals surface area contributed by atoms with Gasteiger partial charge in [-0.1, -0.05) is 0 Å². The number of nitrogen functional groups attached to an aromatic ring is 1. The van der Waals surface area contributed by atoms with Gasteiger partial charge in [0.2, 0.25) is 0 Å². The van der Waals surface area contributed by atoms with E-state index >= 15 is 0 Å². The van der Waals surface area contributed by atoms with Crippen LogP contribution in [0.25, 0.3) is 0 Å². The minimum absolute atomic E-state index is 0.138. The van der Waals surface area contributed by atoms with Gasteiger partial charge in [-0.2, -0.15) is 0 Å². The number of carbonyl (C=O) groups excluding carboxylic acids is 1. The lowest BCUT2D eigenvalue weighted by Gasteiger charge is -2.27. The number of ether oxygens (including phenoxy) is 1. The van der Waals surface area contributed by atoms with Gasteiger partial charge >= 0.3 is 5.97 Å². The molecule has 106 valence electrons. The first kappa shape index (κ1) is 14.1. The van der Waals surface area contributed by atoms with Crippen molar-refractivity contribution in [3.05, 3.63) is 10.9 Å². The molecule has 0 aromatic carbocycles. The fraction of sp³-hybridized carbons (Fsp3) is 0.545. The molecule has 1 aromatic heterocycles. The third-order valence-electron chi connectivity index (χ3n) is 2.86. The molecule has 8 heteroatoms. The van der Waals surface area contributed by atoms with Crippen LogP contribution in [0.3, 0.4) is 0 Å². The highest BCUT2D eigenvalue weighted by atomic mass is 32.2. The number of nitrogens with two attached hydrogens (primary N) is 1. The number of hydrogen-bond acceptors (Lipinski definition) is 7. The topological polar surface area (TPSA) is 89.7 Å². The van der Waals surface area contributed by atoms with Gasteiger partial charge in [0.1, 0.15) is 4.88 Å². The van der Waals surface area contributed by atoms with Crippen LogP contribution in [-0.2, 0) is 14.6 Å². The predicted octanol–water partition coefficient (Wildman–Crippen LogP) is 0.742. The Bertz CT molecular complexity index is 566. The minimum Gasteiger partial charge on any atom is -0.462 e. The number of rotatable bonds is 3. The Hall–Kier alpha value is -1.28. The predicted molar refractivity (Wildman–Crippen MR) is 75.6 cm³/mol. The van der Waals surface area contributed by atoms with E-state index < -0.39 is 15.8 Å². The Balaban J connectivity index is 2.14. The number of thiophene rings is 1. The number of esters is 1. The maximum absolute atomic E-state index is 11.7. The molecule has 0 atom stereocenters. The Morgan fingerprint density at radius 3 is 2.68 bits per heavy atom. The van der Waals surface area contributed by atoms with E-state index in [1.165, 1.54) is 11.3 Å². The van der Waals surface area contributed by atoms with Crippen LogP contribution in [0.4, 0.5) is 10.7 Å². The van der Waals surface area contributed by atoms with Crippen molar-refractivity contribution < 1.29 is 17.9 Å². The molecular weight excluding hydrogens is 288 g/mol. The summed E-state index contributed by atoms with van der Waals surface area (Å²) in [5, 5.41) is 0.815. The van der Waals surface area contributed by atoms with Crippen molar-refractivity contribution in [2.24, 2.45) is 0 Å². The summed E-state index contributed by atoms with van der Waals surface area (Å²) >= 11 is 1.25. The van der Waals surface area contributed by atoms with Gasteiger partial charge in [-0.15, -0.1) is 11.3 Å². The van der Waals surface area contributed by atoms with Gasteiger partial charge in [-0.05, 0) is 13.0 Å². The maximum Gasteiger partial charge on any atom is 0.350 e. The molecule has 0 radical (unpaired) electrons. The second kappa shape index (κ2) is 5.38. The largest absolute Gasteiger partial charge is 0.462 e. The molecule has 1 aliphatic rings. The molecular formula is C11H16N2O4S2. The molecule has 0 saturated carbocycles. The molecule has 2 rings (SSSR count). The monoisotopic (exact) mass is 304 g/mol. The number of anilines is 2. The Labute approximate surface area is 116 Å².